The van der Waals surface area contributed by atoms with E-state index in [1.54, 1.807) is 0 Å². The molecule has 0 saturated carbocycles. The average molecular weight is 250 g/mol. The van der Waals surface area contributed by atoms with E-state index in [0.717, 1.165) is 37.2 Å². The first kappa shape index (κ1) is 15.0. The predicted octanol–water partition coefficient (Wildman–Crippen LogP) is 3.82. The second-order valence-corrected chi connectivity index (χ2v) is 4.91. The van der Waals surface area contributed by atoms with E-state index in [1.165, 1.54) is 0 Å². The van der Waals surface area contributed by atoms with Crippen molar-refractivity contribution in [2.45, 2.75) is 52.6 Å². The monoisotopic (exact) mass is 250 g/mol. The fourth-order valence-corrected chi connectivity index (χ4v) is 1.92. The highest BCUT2D eigenvalue weighted by atomic mass is 16.5. The van der Waals surface area contributed by atoms with Gasteiger partial charge in [-0.3, -0.25) is 0 Å². The molecule has 2 nitrogen and oxygen atoms in total. The van der Waals surface area contributed by atoms with Crippen LogP contribution in [0.2, 0.25) is 0 Å². The Morgan fingerprint density at radius 2 is 1.83 bits per heavy atom. The van der Waals surface area contributed by atoms with Crippen molar-refractivity contribution in [1.29, 1.82) is 0 Å². The lowest BCUT2D eigenvalue weighted by Crippen LogP contribution is -2.11. The Kier molecular flexibility index (Phi) is 6.81. The van der Waals surface area contributed by atoms with E-state index >= 15 is 0 Å². The molecule has 0 aliphatic carbocycles. The van der Waals surface area contributed by atoms with E-state index in [1.807, 2.05) is 31.2 Å². The Balaban J connectivity index is 2.53. The van der Waals surface area contributed by atoms with Crippen molar-refractivity contribution in [3.8, 4) is 5.75 Å². The van der Waals surface area contributed by atoms with Crippen LogP contribution in [0, 0.1) is 5.92 Å². The Morgan fingerprint density at radius 1 is 1.11 bits per heavy atom. The normalized spacial score (nSPS) is 12.7. The minimum atomic E-state index is -0.251. The van der Waals surface area contributed by atoms with Gasteiger partial charge in [0.05, 0.1) is 12.7 Å². The zero-order chi connectivity index (χ0) is 13.4. The van der Waals surface area contributed by atoms with Gasteiger partial charge in [-0.1, -0.05) is 45.7 Å². The fraction of sp³-hybridized carbons (Fsp3) is 0.625. The smallest absolute Gasteiger partial charge is 0.119 e. The summed E-state index contributed by atoms with van der Waals surface area (Å²) in [5.41, 5.74) is 1.14. The average Bonchev–Trinajstić information content (AvgIpc) is 2.40. The molecule has 0 aromatic heterocycles. The molecule has 0 spiro atoms. The van der Waals surface area contributed by atoms with Gasteiger partial charge in [-0.25, -0.2) is 0 Å². The lowest BCUT2D eigenvalue weighted by Gasteiger charge is -2.15. The number of aliphatic hydroxyl groups is 1. The number of rotatable bonds is 8. The van der Waals surface area contributed by atoms with Crippen LogP contribution < -0.4 is 4.74 Å². The summed E-state index contributed by atoms with van der Waals surface area (Å²) in [6.45, 7) is 7.18. The molecule has 2 heteroatoms. The highest BCUT2D eigenvalue weighted by molar-refractivity contribution is 5.28. The molecule has 1 aromatic rings. The summed E-state index contributed by atoms with van der Waals surface area (Å²) >= 11 is 0. The van der Waals surface area contributed by atoms with E-state index < -0.39 is 0 Å². The van der Waals surface area contributed by atoms with E-state index in [4.69, 9.17) is 4.74 Å². The summed E-state index contributed by atoms with van der Waals surface area (Å²) in [6, 6.07) is 8.08. The van der Waals surface area contributed by atoms with Crippen LogP contribution in [-0.2, 0) is 6.42 Å². The predicted molar refractivity (Wildman–Crippen MR) is 76.0 cm³/mol. The Bertz CT molecular complexity index is 332. The SMILES string of the molecule is CCC(O)Cc1cccc(OCC(CC)CC)c1. The van der Waals surface area contributed by atoms with Gasteiger partial charge >= 0.3 is 0 Å². The second-order valence-electron chi connectivity index (χ2n) is 4.91. The lowest BCUT2D eigenvalue weighted by atomic mass is 10.0. The molecule has 0 aliphatic rings. The highest BCUT2D eigenvalue weighted by Gasteiger charge is 2.06. The minimum absolute atomic E-state index is 0.251. The topological polar surface area (TPSA) is 29.5 Å². The first-order valence-corrected chi connectivity index (χ1v) is 7.09. The molecule has 1 atom stereocenters. The lowest BCUT2D eigenvalue weighted by molar-refractivity contribution is 0.170. The molecular weight excluding hydrogens is 224 g/mol. The van der Waals surface area contributed by atoms with E-state index in [9.17, 15) is 5.11 Å². The molecule has 0 bridgehead atoms. The van der Waals surface area contributed by atoms with Crippen molar-refractivity contribution >= 4 is 0 Å². The summed E-state index contributed by atoms with van der Waals surface area (Å²) < 4.78 is 5.82. The Labute approximate surface area is 111 Å². The first-order valence-electron chi connectivity index (χ1n) is 7.09. The third kappa shape index (κ3) is 5.09. The van der Waals surface area contributed by atoms with E-state index in [2.05, 4.69) is 13.8 Å². The van der Waals surface area contributed by atoms with Crippen LogP contribution in [-0.4, -0.2) is 17.8 Å². The molecule has 0 heterocycles. The second kappa shape index (κ2) is 8.15. The maximum Gasteiger partial charge on any atom is 0.119 e. The van der Waals surface area contributed by atoms with Crippen molar-refractivity contribution in [2.75, 3.05) is 6.61 Å². The number of benzene rings is 1. The molecule has 0 fully saturated rings. The molecule has 18 heavy (non-hydrogen) atoms. The largest absolute Gasteiger partial charge is 0.493 e. The molecule has 1 rings (SSSR count). The zero-order valence-electron chi connectivity index (χ0n) is 11.9. The van der Waals surface area contributed by atoms with Gasteiger partial charge in [0, 0.05) is 0 Å². The van der Waals surface area contributed by atoms with Crippen molar-refractivity contribution < 1.29 is 9.84 Å². The van der Waals surface area contributed by atoms with Crippen LogP contribution >= 0.6 is 0 Å². The molecule has 1 N–H and O–H groups in total. The van der Waals surface area contributed by atoms with Crippen LogP contribution in [0.4, 0.5) is 0 Å². The van der Waals surface area contributed by atoms with Gasteiger partial charge in [0.15, 0.2) is 0 Å². The molecule has 0 aliphatic heterocycles. The van der Waals surface area contributed by atoms with Gasteiger partial charge in [0.1, 0.15) is 5.75 Å². The quantitative estimate of drug-likeness (QED) is 0.760. The number of hydrogen-bond acceptors (Lipinski definition) is 2. The zero-order valence-corrected chi connectivity index (χ0v) is 11.9. The minimum Gasteiger partial charge on any atom is -0.493 e. The van der Waals surface area contributed by atoms with Gasteiger partial charge < -0.3 is 9.84 Å². The van der Waals surface area contributed by atoms with Gasteiger partial charge in [0.2, 0.25) is 0 Å². The molecule has 0 radical (unpaired) electrons. The summed E-state index contributed by atoms with van der Waals surface area (Å²) in [4.78, 5) is 0. The summed E-state index contributed by atoms with van der Waals surface area (Å²) in [7, 11) is 0. The molecule has 0 saturated heterocycles. The summed E-state index contributed by atoms with van der Waals surface area (Å²) in [5, 5.41) is 9.66. The fourth-order valence-electron chi connectivity index (χ4n) is 1.92. The Morgan fingerprint density at radius 3 is 2.44 bits per heavy atom. The van der Waals surface area contributed by atoms with Crippen LogP contribution in [0.3, 0.4) is 0 Å². The maximum atomic E-state index is 9.66. The number of ether oxygens (including phenoxy) is 1. The molecule has 1 unspecified atom stereocenters. The maximum absolute atomic E-state index is 9.66. The molecular formula is C16H26O2. The van der Waals surface area contributed by atoms with Crippen LogP contribution in [0.15, 0.2) is 24.3 Å². The van der Waals surface area contributed by atoms with Crippen molar-refractivity contribution in [3.05, 3.63) is 29.8 Å². The van der Waals surface area contributed by atoms with Gasteiger partial charge in [0.25, 0.3) is 0 Å². The molecule has 1 aromatic carbocycles. The molecule has 0 amide bonds. The number of aliphatic hydroxyl groups excluding tert-OH is 1. The first-order chi connectivity index (χ1) is 8.69. The van der Waals surface area contributed by atoms with Crippen molar-refractivity contribution in [1.82, 2.24) is 0 Å². The van der Waals surface area contributed by atoms with E-state index in [-0.39, 0.29) is 6.10 Å². The summed E-state index contributed by atoms with van der Waals surface area (Å²) in [5.74, 6) is 1.55. The Hall–Kier alpha value is -1.02. The highest BCUT2D eigenvalue weighted by Crippen LogP contribution is 2.17. The summed E-state index contributed by atoms with van der Waals surface area (Å²) in [6.07, 6.45) is 3.56. The van der Waals surface area contributed by atoms with Gasteiger partial charge in [-0.15, -0.1) is 0 Å². The van der Waals surface area contributed by atoms with Crippen LogP contribution in [0.1, 0.15) is 45.6 Å². The third-order valence-corrected chi connectivity index (χ3v) is 3.48. The van der Waals surface area contributed by atoms with Crippen LogP contribution in [0.25, 0.3) is 0 Å². The van der Waals surface area contributed by atoms with Crippen molar-refractivity contribution in [2.24, 2.45) is 5.92 Å². The molecule has 102 valence electrons. The van der Waals surface area contributed by atoms with Gasteiger partial charge in [-0.2, -0.15) is 0 Å². The standard InChI is InChI=1S/C16H26O2/c1-4-13(5-2)12-18-16-9-7-8-14(11-16)10-15(17)6-3/h7-9,11,13,15,17H,4-6,10,12H2,1-3H3. The number of hydrogen-bond donors (Lipinski definition) is 1. The third-order valence-electron chi connectivity index (χ3n) is 3.48. The van der Waals surface area contributed by atoms with Crippen molar-refractivity contribution in [3.63, 3.8) is 0 Å². The van der Waals surface area contributed by atoms with Crippen LogP contribution in [0.5, 0.6) is 5.75 Å². The van der Waals surface area contributed by atoms with E-state index in [0.29, 0.717) is 12.3 Å². The van der Waals surface area contributed by atoms with Gasteiger partial charge in [-0.05, 0) is 36.5 Å².